The SMILES string of the molecule is CC.CC.CC.CCCN=CN.CN.[NH-]CC(=O)N1CCCC1C(=O)NCC(=O)NC1=CCC=C(N)C=C1.[Os+]. The molecule has 2 aliphatic rings. The number of aliphatic imine (C=N–C) groups is 1. The molecule has 0 spiro atoms. The van der Waals surface area contributed by atoms with Crippen LogP contribution in [0.4, 0.5) is 0 Å². The molecule has 0 aromatic carbocycles. The number of hydrogen-bond acceptors (Lipinski definition) is 6. The molecule has 11 nitrogen and oxygen atoms in total. The molecule has 1 saturated heterocycles. The fraction of sp³-hybridized carbons (Fsp3) is 0.630. The van der Waals surface area contributed by atoms with Crippen LogP contribution < -0.4 is 27.8 Å². The third-order valence-corrected chi connectivity index (χ3v) is 4.34. The van der Waals surface area contributed by atoms with Crippen LogP contribution in [0, 0.1) is 0 Å². The zero-order valence-electron chi connectivity index (χ0n) is 25.3. The van der Waals surface area contributed by atoms with Crippen LogP contribution in [0.2, 0.25) is 0 Å². The van der Waals surface area contributed by atoms with E-state index < -0.39 is 6.04 Å². The van der Waals surface area contributed by atoms with Crippen LogP contribution in [0.3, 0.4) is 0 Å². The van der Waals surface area contributed by atoms with E-state index in [0.717, 1.165) is 19.4 Å². The summed E-state index contributed by atoms with van der Waals surface area (Å²) in [6.45, 7) is 14.9. The number of carbonyl (C=O) groups excluding carboxylic acids is 3. The molecular weight excluding hydrogens is 675 g/mol. The van der Waals surface area contributed by atoms with Gasteiger partial charge in [0.15, 0.2) is 0 Å². The first kappa shape index (κ1) is 46.3. The molecule has 229 valence electrons. The van der Waals surface area contributed by atoms with E-state index in [1.807, 2.05) is 53.7 Å². The van der Waals surface area contributed by atoms with Crippen molar-refractivity contribution >= 4 is 24.1 Å². The summed E-state index contributed by atoms with van der Waals surface area (Å²) in [6, 6.07) is -0.586. The maximum atomic E-state index is 12.2. The van der Waals surface area contributed by atoms with E-state index in [0.29, 0.717) is 30.8 Å². The van der Waals surface area contributed by atoms with E-state index >= 15 is 0 Å². The molecule has 1 fully saturated rings. The Balaban J connectivity index is -0.000000218. The predicted octanol–water partition coefficient (Wildman–Crippen LogP) is 2.98. The predicted molar refractivity (Wildman–Crippen MR) is 161 cm³/mol. The number of nitrogens with two attached hydrogens (primary N) is 3. The number of amides is 3. The summed E-state index contributed by atoms with van der Waals surface area (Å²) in [6.07, 6.45) is 11.4. The van der Waals surface area contributed by atoms with Crippen molar-refractivity contribution in [1.82, 2.24) is 15.5 Å². The second kappa shape index (κ2) is 35.5. The minimum absolute atomic E-state index is 0. The molecule has 1 unspecified atom stereocenters. The molecule has 12 heteroatoms. The van der Waals surface area contributed by atoms with Crippen LogP contribution in [0.1, 0.15) is 74.1 Å². The Morgan fingerprint density at radius 2 is 1.69 bits per heavy atom. The molecule has 0 bridgehead atoms. The number of allylic oxidation sites excluding steroid dienone is 4. The quantitative estimate of drug-likeness (QED) is 0.198. The van der Waals surface area contributed by atoms with Gasteiger partial charge < -0.3 is 38.5 Å². The van der Waals surface area contributed by atoms with E-state index in [1.165, 1.54) is 18.3 Å². The first-order valence-electron chi connectivity index (χ1n) is 13.6. The average Bonchev–Trinajstić information content (AvgIpc) is 3.39. The van der Waals surface area contributed by atoms with E-state index in [9.17, 15) is 14.4 Å². The number of nitrogens with zero attached hydrogens (tertiary/aromatic N) is 2. The van der Waals surface area contributed by atoms with Crippen molar-refractivity contribution in [3.8, 4) is 0 Å². The van der Waals surface area contributed by atoms with Gasteiger partial charge in [-0.05, 0) is 44.9 Å². The Hall–Kier alpha value is -2.54. The van der Waals surface area contributed by atoms with Gasteiger partial charge in [-0.2, -0.15) is 0 Å². The van der Waals surface area contributed by atoms with Crippen molar-refractivity contribution in [3.63, 3.8) is 0 Å². The van der Waals surface area contributed by atoms with Gasteiger partial charge in [-0.15, -0.1) is 0 Å². The van der Waals surface area contributed by atoms with E-state index in [4.69, 9.17) is 17.2 Å². The fourth-order valence-corrected chi connectivity index (χ4v) is 2.87. The van der Waals surface area contributed by atoms with Gasteiger partial charge in [0.05, 0.1) is 12.9 Å². The summed E-state index contributed by atoms with van der Waals surface area (Å²) in [5.41, 5.74) is 23.5. The normalized spacial score (nSPS) is 14.5. The van der Waals surface area contributed by atoms with Crippen LogP contribution in [0.5, 0.6) is 0 Å². The molecule has 1 radical (unpaired) electrons. The van der Waals surface area contributed by atoms with Crippen molar-refractivity contribution < 1.29 is 34.2 Å². The molecule has 1 atom stereocenters. The Morgan fingerprint density at radius 1 is 1.10 bits per heavy atom. The summed E-state index contributed by atoms with van der Waals surface area (Å²) in [5.74, 6) is -1.08. The topological polar surface area (TPSA) is 193 Å². The van der Waals surface area contributed by atoms with Gasteiger partial charge in [-0.1, -0.05) is 67.2 Å². The van der Waals surface area contributed by atoms with Crippen LogP contribution in [-0.2, 0) is 34.2 Å². The summed E-state index contributed by atoms with van der Waals surface area (Å²) in [4.78, 5) is 40.9. The van der Waals surface area contributed by atoms with E-state index in [-0.39, 0.29) is 50.6 Å². The first-order valence-corrected chi connectivity index (χ1v) is 13.6. The molecule has 0 saturated carbocycles. The number of nitrogens with one attached hydrogen (secondary N) is 3. The number of rotatable bonds is 7. The molecule has 39 heavy (non-hydrogen) atoms. The van der Waals surface area contributed by atoms with Crippen molar-refractivity contribution in [2.75, 3.05) is 33.2 Å². The zero-order valence-corrected chi connectivity index (χ0v) is 27.9. The molecule has 0 aromatic heterocycles. The second-order valence-corrected chi connectivity index (χ2v) is 6.68. The van der Waals surface area contributed by atoms with Gasteiger partial charge in [0.25, 0.3) is 0 Å². The van der Waals surface area contributed by atoms with Crippen LogP contribution >= 0.6 is 0 Å². The Labute approximate surface area is 250 Å². The zero-order chi connectivity index (χ0) is 30.4. The molecular formula is C27H55N8O3Os. The van der Waals surface area contributed by atoms with Gasteiger partial charge >= 0.3 is 19.8 Å². The third kappa shape index (κ3) is 24.2. The summed E-state index contributed by atoms with van der Waals surface area (Å²) in [7, 11) is 1.50. The van der Waals surface area contributed by atoms with Gasteiger partial charge in [0.2, 0.25) is 17.7 Å². The number of carbonyl (C=O) groups is 3. The minimum atomic E-state index is -0.586. The summed E-state index contributed by atoms with van der Waals surface area (Å²) >= 11 is 0. The minimum Gasteiger partial charge on any atom is -0.670 e. The summed E-state index contributed by atoms with van der Waals surface area (Å²) in [5, 5.41) is 5.24. The molecule has 1 aliphatic carbocycles. The molecule has 3 amide bonds. The van der Waals surface area contributed by atoms with Gasteiger partial charge in [-0.25, -0.2) is 0 Å². The monoisotopic (exact) mass is 731 g/mol. The van der Waals surface area contributed by atoms with Crippen LogP contribution in [-0.4, -0.2) is 68.2 Å². The van der Waals surface area contributed by atoms with Crippen molar-refractivity contribution in [2.24, 2.45) is 22.2 Å². The smallest absolute Gasteiger partial charge is 0.670 e. The van der Waals surface area contributed by atoms with Crippen molar-refractivity contribution in [3.05, 3.63) is 41.4 Å². The van der Waals surface area contributed by atoms with Gasteiger partial charge in [-0.3, -0.25) is 19.4 Å². The molecule has 2 rings (SSSR count). The van der Waals surface area contributed by atoms with E-state index in [1.54, 1.807) is 12.2 Å². The largest absolute Gasteiger partial charge is 1.00 e. The Bertz CT molecular complexity index is 726. The number of likely N-dealkylation sites (tertiary alicyclic amines) is 1. The fourth-order valence-electron chi connectivity index (χ4n) is 2.87. The van der Waals surface area contributed by atoms with Gasteiger partial charge in [0.1, 0.15) is 6.04 Å². The summed E-state index contributed by atoms with van der Waals surface area (Å²) < 4.78 is 0. The van der Waals surface area contributed by atoms with Crippen molar-refractivity contribution in [2.45, 2.75) is 80.2 Å². The maximum Gasteiger partial charge on any atom is 1.00 e. The molecule has 0 aromatic rings. The van der Waals surface area contributed by atoms with Crippen LogP contribution in [0.25, 0.3) is 5.73 Å². The van der Waals surface area contributed by atoms with Crippen LogP contribution in [0.15, 0.2) is 40.7 Å². The first-order chi connectivity index (χ1) is 18.4. The Kier molecular flexibility index (Phi) is 42.1. The molecule has 9 N–H and O–H groups in total. The van der Waals surface area contributed by atoms with Crippen molar-refractivity contribution in [1.29, 1.82) is 0 Å². The Morgan fingerprint density at radius 3 is 2.18 bits per heavy atom. The van der Waals surface area contributed by atoms with E-state index in [2.05, 4.69) is 28.3 Å². The standard InChI is InChI=1S/C16H22N5O3.C4H10N2.3C2H6.CH5N.Os/c17-9-15(23)21-8-2-5-13(21)16(24)19-10-14(22)20-12-4-1-3-11(18)6-7-12;1-2-3-6-4-5;4*1-2;/h3-4,6-7,13,17H,1-2,5,8-10,18H2,(H,19,24)(H,20,22);4H,2-3H2,1H3,(H2,5,6);3*1-2H3;2H2,1H3;/q-1;;;;;;+1. The maximum absolute atomic E-state index is 12.2. The molecule has 1 aliphatic heterocycles. The third-order valence-electron chi connectivity index (χ3n) is 4.34. The second-order valence-electron chi connectivity index (χ2n) is 6.68. The number of hydrogen-bond donors (Lipinski definition) is 5. The average molecular weight is 730 g/mol. The van der Waals surface area contributed by atoms with Gasteiger partial charge in [0, 0.05) is 24.5 Å². The molecule has 1 heterocycles.